The predicted molar refractivity (Wildman–Crippen MR) is 64.6 cm³/mol. The van der Waals surface area contributed by atoms with Gasteiger partial charge in [-0.05, 0) is 25.4 Å². The van der Waals surface area contributed by atoms with Crippen LogP contribution in [0.5, 0.6) is 0 Å². The zero-order valence-electron chi connectivity index (χ0n) is 10.6. The quantitative estimate of drug-likeness (QED) is 0.555. The van der Waals surface area contributed by atoms with Crippen LogP contribution in [0, 0.1) is 0 Å². The molecule has 0 bridgehead atoms. The van der Waals surface area contributed by atoms with Crippen molar-refractivity contribution in [2.24, 2.45) is 0 Å². The topological polar surface area (TPSA) is 64.6 Å². The van der Waals surface area contributed by atoms with Gasteiger partial charge in [-0.25, -0.2) is 0 Å². The second-order valence-electron chi connectivity index (χ2n) is 3.33. The molecule has 5 heteroatoms. The molecule has 0 aromatic rings. The van der Waals surface area contributed by atoms with Gasteiger partial charge in [-0.1, -0.05) is 48.6 Å². The van der Waals surface area contributed by atoms with Gasteiger partial charge in [0.05, 0.1) is 11.9 Å². The van der Waals surface area contributed by atoms with Gasteiger partial charge in [-0.2, -0.15) is 0 Å². The summed E-state index contributed by atoms with van der Waals surface area (Å²) < 4.78 is 8.91. The Hall–Kier alpha value is -1.84. The van der Waals surface area contributed by atoms with Crippen molar-refractivity contribution in [3.63, 3.8) is 0 Å². The summed E-state index contributed by atoms with van der Waals surface area (Å²) >= 11 is 0. The molecule has 0 amide bonds. The van der Waals surface area contributed by atoms with E-state index >= 15 is 0 Å². The van der Waals surface area contributed by atoms with Crippen LogP contribution in [0.1, 0.15) is 0 Å². The molecule has 0 unspecified atom stereocenters. The van der Waals surface area contributed by atoms with Crippen molar-refractivity contribution >= 4 is 0 Å². The molecule has 0 atom stereocenters. The van der Waals surface area contributed by atoms with Crippen LogP contribution in [0.25, 0.3) is 0 Å². The fourth-order valence-electron chi connectivity index (χ4n) is 1.26. The van der Waals surface area contributed by atoms with Crippen molar-refractivity contribution in [3.8, 4) is 0 Å². The summed E-state index contributed by atoms with van der Waals surface area (Å²) in [6.07, 6.45) is 14.0. The van der Waals surface area contributed by atoms with Gasteiger partial charge >= 0.3 is 17.1 Å². The van der Waals surface area contributed by atoms with Crippen LogP contribution in [-0.2, 0) is 26.5 Å². The second kappa shape index (κ2) is 9.14. The molecule has 2 rings (SSSR count). The van der Waals surface area contributed by atoms with E-state index in [-0.39, 0.29) is 29.0 Å². The Morgan fingerprint density at radius 2 is 1.00 bits per heavy atom. The molecule has 19 heavy (non-hydrogen) atoms. The minimum atomic E-state index is -0.278. The fourth-order valence-corrected chi connectivity index (χ4v) is 1.26. The van der Waals surface area contributed by atoms with Gasteiger partial charge in [0.15, 0.2) is 0 Å². The first kappa shape index (κ1) is 17.2. The zero-order chi connectivity index (χ0) is 13.4. The van der Waals surface area contributed by atoms with Crippen molar-refractivity contribution < 1.29 is 36.8 Å². The number of ether oxygens (including phenoxy) is 2. The predicted octanol–water partition coefficient (Wildman–Crippen LogP) is 0.659. The van der Waals surface area contributed by atoms with E-state index < -0.39 is 0 Å². The smallest absolute Gasteiger partial charge is 0.616 e. The van der Waals surface area contributed by atoms with E-state index in [0.717, 1.165) is 0 Å². The second-order valence-corrected chi connectivity index (χ2v) is 3.33. The van der Waals surface area contributed by atoms with Crippen molar-refractivity contribution in [1.29, 1.82) is 0 Å². The van der Waals surface area contributed by atoms with Gasteiger partial charge in [0.1, 0.15) is 0 Å². The zero-order valence-corrected chi connectivity index (χ0v) is 11.7. The summed E-state index contributed by atoms with van der Waals surface area (Å²) in [5.74, 6) is -0.556. The minimum absolute atomic E-state index is 0. The van der Waals surface area contributed by atoms with Crippen molar-refractivity contribution in [3.05, 3.63) is 71.6 Å². The molecule has 2 aliphatic carbocycles. The normalized spacial score (nSPS) is 13.8. The van der Waals surface area contributed by atoms with Gasteiger partial charge < -0.3 is 19.7 Å². The Balaban J connectivity index is 0.000000324. The van der Waals surface area contributed by atoms with Gasteiger partial charge in [0, 0.05) is 0 Å². The van der Waals surface area contributed by atoms with Crippen molar-refractivity contribution in [1.82, 2.24) is 0 Å². The molecular formula is C14H14FeO4. The third-order valence-electron chi connectivity index (χ3n) is 2.17. The summed E-state index contributed by atoms with van der Waals surface area (Å²) in [5.41, 5.74) is 1.22. The molecule has 0 saturated carbocycles. The van der Waals surface area contributed by atoms with E-state index in [1.54, 1.807) is 48.6 Å². The average molecular weight is 302 g/mol. The molecule has 0 aromatic carbocycles. The summed E-state index contributed by atoms with van der Waals surface area (Å²) in [4.78, 5) is 0. The number of methoxy groups -OCH3 is 2. The number of hydrogen-bond donors (Lipinski definition) is 0. The van der Waals surface area contributed by atoms with Crippen LogP contribution in [0.4, 0.5) is 0 Å². The van der Waals surface area contributed by atoms with E-state index in [1.165, 1.54) is 14.2 Å². The first-order valence-corrected chi connectivity index (χ1v) is 5.29. The van der Waals surface area contributed by atoms with Crippen LogP contribution >= 0.6 is 0 Å². The van der Waals surface area contributed by atoms with Crippen LogP contribution in [0.15, 0.2) is 71.6 Å². The summed E-state index contributed by atoms with van der Waals surface area (Å²) in [5, 5.41) is 21.3. The van der Waals surface area contributed by atoms with Crippen molar-refractivity contribution in [2.45, 2.75) is 0 Å². The third kappa shape index (κ3) is 5.55. The van der Waals surface area contributed by atoms with E-state index in [4.69, 9.17) is 0 Å². The monoisotopic (exact) mass is 302 g/mol. The Morgan fingerprint density at radius 3 is 1.21 bits per heavy atom. The SMILES string of the molecule is COC([O-])=C1C=CC=C1.COC([O-])=C1C=CC=C1.[Fe+2]. The van der Waals surface area contributed by atoms with Gasteiger partial charge in [0.2, 0.25) is 0 Å². The summed E-state index contributed by atoms with van der Waals surface area (Å²) in [6, 6.07) is 0. The van der Waals surface area contributed by atoms with Gasteiger partial charge in [0.25, 0.3) is 0 Å². The standard InChI is InChI=1S/2C7H8O2.Fe/c2*1-9-7(8)6-4-2-3-5-6;/h2*2-5,8H,1H3;/q;;+2/p-2. The average Bonchev–Trinajstić information content (AvgIpc) is 3.09. The molecule has 0 aliphatic heterocycles. The fraction of sp³-hybridized carbons (Fsp3) is 0.143. The van der Waals surface area contributed by atoms with E-state index in [2.05, 4.69) is 9.47 Å². The minimum Gasteiger partial charge on any atom is -0.616 e. The third-order valence-corrected chi connectivity index (χ3v) is 2.17. The van der Waals surface area contributed by atoms with Crippen LogP contribution in [0.3, 0.4) is 0 Å². The molecule has 102 valence electrons. The Bertz CT molecular complexity index is 396. The molecule has 4 nitrogen and oxygen atoms in total. The molecule has 0 aromatic heterocycles. The van der Waals surface area contributed by atoms with Crippen LogP contribution in [-0.4, -0.2) is 14.2 Å². The maximum atomic E-state index is 10.7. The summed E-state index contributed by atoms with van der Waals surface area (Å²) in [7, 11) is 2.74. The molecule has 0 fully saturated rings. The molecule has 0 saturated heterocycles. The van der Waals surface area contributed by atoms with Crippen LogP contribution < -0.4 is 10.2 Å². The Kier molecular flexibility index (Phi) is 8.25. The first-order valence-electron chi connectivity index (χ1n) is 5.29. The Labute approximate surface area is 123 Å². The molecule has 0 spiro atoms. The van der Waals surface area contributed by atoms with Gasteiger partial charge in [-0.3, -0.25) is 0 Å². The largest absolute Gasteiger partial charge is 2.00 e. The maximum absolute atomic E-state index is 10.7. The van der Waals surface area contributed by atoms with Crippen molar-refractivity contribution in [2.75, 3.05) is 14.2 Å². The molecule has 0 radical (unpaired) electrons. The van der Waals surface area contributed by atoms with Crippen LogP contribution in [0.2, 0.25) is 0 Å². The molecule has 0 heterocycles. The summed E-state index contributed by atoms with van der Waals surface area (Å²) in [6.45, 7) is 0. The number of allylic oxidation sites excluding steroid dienone is 10. The van der Waals surface area contributed by atoms with E-state index in [0.29, 0.717) is 11.1 Å². The van der Waals surface area contributed by atoms with Gasteiger partial charge in [-0.15, -0.1) is 0 Å². The molecule has 0 N–H and O–H groups in total. The first-order chi connectivity index (χ1) is 8.69. The molecule has 2 aliphatic rings. The maximum Gasteiger partial charge on any atom is 2.00 e. The number of hydrogen-bond acceptors (Lipinski definition) is 4. The van der Waals surface area contributed by atoms with E-state index in [1.807, 2.05) is 0 Å². The van der Waals surface area contributed by atoms with E-state index in [9.17, 15) is 10.2 Å². The molecular weight excluding hydrogens is 288 g/mol. The number of rotatable bonds is 2. The Morgan fingerprint density at radius 1 is 0.737 bits per heavy atom.